The number of likely N-dealkylation sites (tertiary alicyclic amines) is 1. The van der Waals surface area contributed by atoms with Gasteiger partial charge in [-0.05, 0) is 38.8 Å². The fourth-order valence-corrected chi connectivity index (χ4v) is 3.64. The van der Waals surface area contributed by atoms with Gasteiger partial charge in [-0.1, -0.05) is 0 Å². The molecule has 3 heterocycles. The number of nitrogens with zero attached hydrogens (tertiary/aromatic N) is 2. The summed E-state index contributed by atoms with van der Waals surface area (Å²) in [5.74, 6) is 0.780. The van der Waals surface area contributed by atoms with Crippen molar-refractivity contribution in [3.63, 3.8) is 0 Å². The molecule has 20 heavy (non-hydrogen) atoms. The lowest BCUT2D eigenvalue weighted by Crippen LogP contribution is -2.38. The van der Waals surface area contributed by atoms with Crippen molar-refractivity contribution in [2.24, 2.45) is 0 Å². The Morgan fingerprint density at radius 1 is 1.50 bits per heavy atom. The molecule has 0 bridgehead atoms. The van der Waals surface area contributed by atoms with E-state index in [0.717, 1.165) is 36.6 Å². The van der Waals surface area contributed by atoms with Gasteiger partial charge in [0.1, 0.15) is 0 Å². The van der Waals surface area contributed by atoms with Gasteiger partial charge in [0.2, 0.25) is 0 Å². The van der Waals surface area contributed by atoms with Gasteiger partial charge in [0.25, 0.3) is 5.91 Å². The van der Waals surface area contributed by atoms with Gasteiger partial charge in [0, 0.05) is 23.9 Å². The van der Waals surface area contributed by atoms with E-state index in [1.807, 2.05) is 11.8 Å². The van der Waals surface area contributed by atoms with Crippen LogP contribution in [0.1, 0.15) is 44.9 Å². The topological polar surface area (TPSA) is 46.3 Å². The molecule has 5 heteroatoms. The van der Waals surface area contributed by atoms with Gasteiger partial charge in [-0.25, -0.2) is 4.98 Å². The van der Waals surface area contributed by atoms with E-state index in [1.165, 1.54) is 4.88 Å². The van der Waals surface area contributed by atoms with Crippen molar-refractivity contribution in [2.45, 2.75) is 32.6 Å². The van der Waals surface area contributed by atoms with Crippen molar-refractivity contribution in [3.05, 3.63) is 39.7 Å². The summed E-state index contributed by atoms with van der Waals surface area (Å²) >= 11 is 1.76. The van der Waals surface area contributed by atoms with Crippen molar-refractivity contribution in [2.75, 3.05) is 13.1 Å². The number of carbonyl (C=O) groups excluding carboxylic acids is 1. The molecule has 2 aromatic heterocycles. The monoisotopic (exact) mass is 290 g/mol. The zero-order valence-electron chi connectivity index (χ0n) is 11.8. The van der Waals surface area contributed by atoms with Crippen LogP contribution in [0.3, 0.4) is 0 Å². The fourth-order valence-electron chi connectivity index (χ4n) is 2.59. The third-order valence-corrected chi connectivity index (χ3v) is 5.07. The third kappa shape index (κ3) is 2.50. The van der Waals surface area contributed by atoms with Crippen molar-refractivity contribution >= 4 is 17.2 Å². The van der Waals surface area contributed by atoms with Gasteiger partial charge in [0.05, 0.1) is 17.0 Å². The fraction of sp³-hybridized carbons (Fsp3) is 0.467. The number of piperidine rings is 1. The summed E-state index contributed by atoms with van der Waals surface area (Å²) in [5, 5.41) is 1.16. The van der Waals surface area contributed by atoms with Gasteiger partial charge in [-0.2, -0.15) is 0 Å². The molecule has 1 saturated heterocycles. The summed E-state index contributed by atoms with van der Waals surface area (Å²) in [5.41, 5.74) is 1.11. The maximum Gasteiger partial charge on any atom is 0.289 e. The Morgan fingerprint density at radius 2 is 2.35 bits per heavy atom. The quantitative estimate of drug-likeness (QED) is 0.852. The van der Waals surface area contributed by atoms with Gasteiger partial charge >= 0.3 is 0 Å². The highest BCUT2D eigenvalue weighted by atomic mass is 32.1. The molecular formula is C15H18N2O2S. The SMILES string of the molecule is Cc1nc(C2CCCN(C(=O)c3ccco3)C2)sc1C. The Kier molecular flexibility index (Phi) is 3.61. The first-order chi connectivity index (χ1) is 9.65. The van der Waals surface area contributed by atoms with Crippen molar-refractivity contribution in [1.82, 2.24) is 9.88 Å². The van der Waals surface area contributed by atoms with E-state index in [0.29, 0.717) is 11.7 Å². The van der Waals surface area contributed by atoms with Crippen LogP contribution in [0.5, 0.6) is 0 Å². The third-order valence-electron chi connectivity index (χ3n) is 3.83. The largest absolute Gasteiger partial charge is 0.459 e. The summed E-state index contributed by atoms with van der Waals surface area (Å²) in [7, 11) is 0. The van der Waals surface area contributed by atoms with Crippen molar-refractivity contribution in [3.8, 4) is 0 Å². The van der Waals surface area contributed by atoms with E-state index >= 15 is 0 Å². The minimum Gasteiger partial charge on any atom is -0.459 e. The molecule has 0 N–H and O–H groups in total. The van der Waals surface area contributed by atoms with Crippen LogP contribution in [-0.4, -0.2) is 28.9 Å². The van der Waals surface area contributed by atoms with Crippen LogP contribution in [0.25, 0.3) is 0 Å². The van der Waals surface area contributed by atoms with E-state index < -0.39 is 0 Å². The standard InChI is InChI=1S/C15H18N2O2S/c1-10-11(2)20-14(16-10)12-5-3-7-17(9-12)15(18)13-6-4-8-19-13/h4,6,8,12H,3,5,7,9H2,1-2H3. The number of aryl methyl sites for hydroxylation is 2. The lowest BCUT2D eigenvalue weighted by Gasteiger charge is -2.31. The van der Waals surface area contributed by atoms with Crippen LogP contribution in [-0.2, 0) is 0 Å². The number of furan rings is 1. The highest BCUT2D eigenvalue weighted by molar-refractivity contribution is 7.11. The molecule has 0 aromatic carbocycles. The number of thiazole rings is 1. The summed E-state index contributed by atoms with van der Waals surface area (Å²) in [6, 6.07) is 3.48. The van der Waals surface area contributed by atoms with Gasteiger partial charge in [0.15, 0.2) is 5.76 Å². The molecule has 0 spiro atoms. The Bertz CT molecular complexity index is 584. The summed E-state index contributed by atoms with van der Waals surface area (Å²) in [6.45, 7) is 5.69. The maximum absolute atomic E-state index is 12.3. The van der Waals surface area contributed by atoms with Gasteiger partial charge < -0.3 is 9.32 Å². The Hall–Kier alpha value is -1.62. The summed E-state index contributed by atoms with van der Waals surface area (Å²) in [6.07, 6.45) is 3.67. The Morgan fingerprint density at radius 3 is 3.00 bits per heavy atom. The van der Waals surface area contributed by atoms with Crippen molar-refractivity contribution < 1.29 is 9.21 Å². The molecule has 2 aromatic rings. The van der Waals surface area contributed by atoms with Crippen LogP contribution in [0, 0.1) is 13.8 Å². The molecule has 106 valence electrons. The summed E-state index contributed by atoms with van der Waals surface area (Å²) < 4.78 is 5.21. The molecule has 1 aliphatic rings. The molecule has 1 fully saturated rings. The minimum absolute atomic E-state index is 0.00954. The second-order valence-electron chi connectivity index (χ2n) is 5.26. The number of aromatic nitrogens is 1. The van der Waals surface area contributed by atoms with E-state index in [1.54, 1.807) is 29.7 Å². The van der Waals surface area contributed by atoms with Crippen LogP contribution in [0.2, 0.25) is 0 Å². The highest BCUT2D eigenvalue weighted by Crippen LogP contribution is 2.31. The average molecular weight is 290 g/mol. The van der Waals surface area contributed by atoms with E-state index in [2.05, 4.69) is 11.9 Å². The van der Waals surface area contributed by atoms with Crippen LogP contribution >= 0.6 is 11.3 Å². The highest BCUT2D eigenvalue weighted by Gasteiger charge is 2.28. The van der Waals surface area contributed by atoms with E-state index in [4.69, 9.17) is 4.42 Å². The molecule has 1 amide bonds. The van der Waals surface area contributed by atoms with Crippen molar-refractivity contribution in [1.29, 1.82) is 0 Å². The Labute approximate surface area is 122 Å². The van der Waals surface area contributed by atoms with Crippen LogP contribution in [0.15, 0.2) is 22.8 Å². The minimum atomic E-state index is -0.00954. The predicted molar refractivity (Wildman–Crippen MR) is 78.2 cm³/mol. The summed E-state index contributed by atoms with van der Waals surface area (Å²) in [4.78, 5) is 20.1. The molecular weight excluding hydrogens is 272 g/mol. The number of amides is 1. The number of hydrogen-bond donors (Lipinski definition) is 0. The second-order valence-corrected chi connectivity index (χ2v) is 6.50. The lowest BCUT2D eigenvalue weighted by molar-refractivity contribution is 0.0675. The van der Waals surface area contributed by atoms with Gasteiger partial charge in [-0.15, -0.1) is 11.3 Å². The maximum atomic E-state index is 12.3. The molecule has 3 rings (SSSR count). The zero-order chi connectivity index (χ0) is 14.1. The zero-order valence-corrected chi connectivity index (χ0v) is 12.6. The molecule has 0 saturated carbocycles. The average Bonchev–Trinajstić information content (AvgIpc) is 3.09. The first-order valence-electron chi connectivity index (χ1n) is 6.92. The molecule has 0 radical (unpaired) electrons. The van der Waals surface area contributed by atoms with Crippen LogP contribution in [0.4, 0.5) is 0 Å². The van der Waals surface area contributed by atoms with Crippen LogP contribution < -0.4 is 0 Å². The first-order valence-corrected chi connectivity index (χ1v) is 7.73. The smallest absolute Gasteiger partial charge is 0.289 e. The second kappa shape index (κ2) is 5.40. The molecule has 1 atom stereocenters. The molecule has 0 aliphatic carbocycles. The Balaban J connectivity index is 1.75. The normalized spacial score (nSPS) is 19.3. The molecule has 1 unspecified atom stereocenters. The number of carbonyl (C=O) groups is 1. The molecule has 1 aliphatic heterocycles. The number of rotatable bonds is 2. The van der Waals surface area contributed by atoms with Gasteiger partial charge in [-0.3, -0.25) is 4.79 Å². The number of hydrogen-bond acceptors (Lipinski definition) is 4. The lowest BCUT2D eigenvalue weighted by atomic mass is 9.98. The first kappa shape index (κ1) is 13.4. The van der Waals surface area contributed by atoms with E-state index in [-0.39, 0.29) is 5.91 Å². The molecule has 4 nitrogen and oxygen atoms in total. The predicted octanol–water partition coefficient (Wildman–Crippen LogP) is 3.37. The van der Waals surface area contributed by atoms with E-state index in [9.17, 15) is 4.79 Å².